The fraction of sp³-hybridized carbons (Fsp3) is 0.0625. The summed E-state index contributed by atoms with van der Waals surface area (Å²) < 4.78 is 15.1. The molecule has 3 nitrogen and oxygen atoms in total. The first kappa shape index (κ1) is 12.4. The molecule has 0 spiro atoms. The van der Waals surface area contributed by atoms with E-state index in [0.29, 0.717) is 0 Å². The minimum Gasteiger partial charge on any atom is -0.399 e. The number of nitrogen functional groups attached to an aromatic ring is 1. The van der Waals surface area contributed by atoms with E-state index in [-0.39, 0.29) is 11.9 Å². The summed E-state index contributed by atoms with van der Waals surface area (Å²) in [6, 6.07) is 14.1. The van der Waals surface area contributed by atoms with E-state index in [0.717, 1.165) is 16.8 Å². The Hall–Kier alpha value is -2.62. The van der Waals surface area contributed by atoms with Gasteiger partial charge < -0.3 is 10.3 Å². The van der Waals surface area contributed by atoms with E-state index >= 15 is 0 Å². The number of anilines is 1. The van der Waals surface area contributed by atoms with Gasteiger partial charge in [0.15, 0.2) is 0 Å². The van der Waals surface area contributed by atoms with E-state index < -0.39 is 0 Å². The lowest BCUT2D eigenvalue weighted by atomic mass is 9.98. The number of halogens is 1. The number of hydrogen-bond donors (Lipinski definition) is 1. The second kappa shape index (κ2) is 5.17. The summed E-state index contributed by atoms with van der Waals surface area (Å²) in [5.74, 6) is -0.240. The van der Waals surface area contributed by atoms with Gasteiger partial charge in [-0.15, -0.1) is 0 Å². The molecule has 0 fully saturated rings. The monoisotopic (exact) mass is 267 g/mol. The third-order valence-corrected chi connectivity index (χ3v) is 3.26. The van der Waals surface area contributed by atoms with Crippen LogP contribution in [0.4, 0.5) is 10.1 Å². The quantitative estimate of drug-likeness (QED) is 0.740. The maximum absolute atomic E-state index is 13.1. The fourth-order valence-electron chi connectivity index (χ4n) is 2.28. The van der Waals surface area contributed by atoms with Crippen molar-refractivity contribution in [2.24, 2.45) is 0 Å². The van der Waals surface area contributed by atoms with E-state index in [1.165, 1.54) is 12.1 Å². The highest BCUT2D eigenvalue weighted by Gasteiger charge is 2.15. The first-order chi connectivity index (χ1) is 9.74. The van der Waals surface area contributed by atoms with Crippen LogP contribution in [0.25, 0.3) is 0 Å². The normalized spacial score (nSPS) is 12.2. The maximum Gasteiger partial charge on any atom is 0.123 e. The summed E-state index contributed by atoms with van der Waals surface area (Å²) in [6.07, 6.45) is 5.38. The number of hydrogen-bond acceptors (Lipinski definition) is 2. The Morgan fingerprint density at radius 2 is 1.55 bits per heavy atom. The van der Waals surface area contributed by atoms with Crippen molar-refractivity contribution in [2.45, 2.75) is 6.04 Å². The minimum atomic E-state index is -0.240. The highest BCUT2D eigenvalue weighted by molar-refractivity contribution is 5.42. The van der Waals surface area contributed by atoms with Gasteiger partial charge in [0.25, 0.3) is 0 Å². The molecule has 2 N–H and O–H groups in total. The molecule has 0 aliphatic carbocycles. The summed E-state index contributed by atoms with van der Waals surface area (Å²) in [7, 11) is 0. The SMILES string of the molecule is Nc1ccc(C(c2ccc(F)cc2)n2ccnc2)cc1. The van der Waals surface area contributed by atoms with Crippen LogP contribution in [-0.4, -0.2) is 9.55 Å². The van der Waals surface area contributed by atoms with Gasteiger partial charge in [0.05, 0.1) is 12.4 Å². The molecule has 1 unspecified atom stereocenters. The van der Waals surface area contributed by atoms with Crippen LogP contribution in [0.5, 0.6) is 0 Å². The molecule has 0 bridgehead atoms. The summed E-state index contributed by atoms with van der Waals surface area (Å²) in [4.78, 5) is 4.09. The van der Waals surface area contributed by atoms with Crippen molar-refractivity contribution in [1.82, 2.24) is 9.55 Å². The Labute approximate surface area is 116 Å². The van der Waals surface area contributed by atoms with Crippen molar-refractivity contribution in [1.29, 1.82) is 0 Å². The van der Waals surface area contributed by atoms with Crippen LogP contribution in [0.3, 0.4) is 0 Å². The Morgan fingerprint density at radius 1 is 0.950 bits per heavy atom. The summed E-state index contributed by atoms with van der Waals surface area (Å²) in [5.41, 5.74) is 8.52. The number of rotatable bonds is 3. The standard InChI is InChI=1S/C16H14FN3/c17-14-5-1-12(2-6-14)16(20-10-9-19-11-20)13-3-7-15(18)8-4-13/h1-11,16H,18H2. The minimum absolute atomic E-state index is 0.0429. The van der Waals surface area contributed by atoms with E-state index in [9.17, 15) is 4.39 Å². The van der Waals surface area contributed by atoms with Crippen molar-refractivity contribution in [3.05, 3.63) is 84.2 Å². The van der Waals surface area contributed by atoms with Gasteiger partial charge in [-0.3, -0.25) is 0 Å². The average Bonchev–Trinajstić information content (AvgIpc) is 2.97. The zero-order chi connectivity index (χ0) is 13.9. The average molecular weight is 267 g/mol. The molecule has 100 valence electrons. The second-order valence-corrected chi connectivity index (χ2v) is 4.63. The van der Waals surface area contributed by atoms with Crippen LogP contribution in [0.2, 0.25) is 0 Å². The Morgan fingerprint density at radius 3 is 2.10 bits per heavy atom. The first-order valence-electron chi connectivity index (χ1n) is 6.32. The Balaban J connectivity index is 2.09. The molecule has 1 heterocycles. The maximum atomic E-state index is 13.1. The number of nitrogens with two attached hydrogens (primary N) is 1. The van der Waals surface area contributed by atoms with Gasteiger partial charge in [-0.25, -0.2) is 9.37 Å². The zero-order valence-electron chi connectivity index (χ0n) is 10.8. The molecule has 1 atom stereocenters. The third kappa shape index (κ3) is 2.40. The molecule has 0 saturated carbocycles. The molecule has 0 aliphatic heterocycles. The highest BCUT2D eigenvalue weighted by atomic mass is 19.1. The molecule has 0 amide bonds. The molecule has 2 aromatic carbocycles. The van der Waals surface area contributed by atoms with E-state index in [1.807, 2.05) is 35.0 Å². The largest absolute Gasteiger partial charge is 0.399 e. The van der Waals surface area contributed by atoms with Gasteiger partial charge in [0.2, 0.25) is 0 Å². The number of aromatic nitrogens is 2. The summed E-state index contributed by atoms with van der Waals surface area (Å²) in [5, 5.41) is 0. The topological polar surface area (TPSA) is 43.8 Å². The molecule has 3 rings (SSSR count). The van der Waals surface area contributed by atoms with Crippen LogP contribution in [0, 0.1) is 5.82 Å². The summed E-state index contributed by atoms with van der Waals surface area (Å²) >= 11 is 0. The van der Waals surface area contributed by atoms with Crippen molar-refractivity contribution in [3.63, 3.8) is 0 Å². The lowest BCUT2D eigenvalue weighted by Crippen LogP contribution is -2.10. The molecule has 1 aromatic heterocycles. The summed E-state index contributed by atoms with van der Waals surface area (Å²) in [6.45, 7) is 0. The van der Waals surface area contributed by atoms with Crippen LogP contribution in [0.15, 0.2) is 67.3 Å². The molecule has 4 heteroatoms. The van der Waals surface area contributed by atoms with E-state index in [1.54, 1.807) is 24.7 Å². The van der Waals surface area contributed by atoms with Crippen molar-refractivity contribution < 1.29 is 4.39 Å². The number of benzene rings is 2. The number of imidazole rings is 1. The van der Waals surface area contributed by atoms with Gasteiger partial charge in [0, 0.05) is 18.1 Å². The lowest BCUT2D eigenvalue weighted by molar-refractivity contribution is 0.622. The Kier molecular flexibility index (Phi) is 3.21. The van der Waals surface area contributed by atoms with Crippen LogP contribution in [-0.2, 0) is 0 Å². The van der Waals surface area contributed by atoms with E-state index in [2.05, 4.69) is 4.98 Å². The van der Waals surface area contributed by atoms with Gasteiger partial charge in [-0.1, -0.05) is 24.3 Å². The first-order valence-corrected chi connectivity index (χ1v) is 6.32. The van der Waals surface area contributed by atoms with Crippen molar-refractivity contribution in [2.75, 3.05) is 5.73 Å². The number of nitrogens with zero attached hydrogens (tertiary/aromatic N) is 2. The lowest BCUT2D eigenvalue weighted by Gasteiger charge is -2.19. The smallest absolute Gasteiger partial charge is 0.123 e. The predicted octanol–water partition coefficient (Wildman–Crippen LogP) is 3.24. The Bertz CT molecular complexity index is 627. The van der Waals surface area contributed by atoms with Crippen molar-refractivity contribution >= 4 is 5.69 Å². The van der Waals surface area contributed by atoms with Gasteiger partial charge in [-0.2, -0.15) is 0 Å². The van der Waals surface area contributed by atoms with Crippen LogP contribution >= 0.6 is 0 Å². The second-order valence-electron chi connectivity index (χ2n) is 4.63. The molecular weight excluding hydrogens is 253 g/mol. The van der Waals surface area contributed by atoms with Crippen molar-refractivity contribution in [3.8, 4) is 0 Å². The molecule has 0 radical (unpaired) electrons. The highest BCUT2D eigenvalue weighted by Crippen LogP contribution is 2.27. The van der Waals surface area contributed by atoms with Gasteiger partial charge in [0.1, 0.15) is 5.82 Å². The van der Waals surface area contributed by atoms with Gasteiger partial charge >= 0.3 is 0 Å². The van der Waals surface area contributed by atoms with E-state index in [4.69, 9.17) is 5.73 Å². The zero-order valence-corrected chi connectivity index (χ0v) is 10.8. The van der Waals surface area contributed by atoms with Crippen LogP contribution < -0.4 is 5.73 Å². The fourth-order valence-corrected chi connectivity index (χ4v) is 2.28. The molecular formula is C16H14FN3. The molecule has 0 aliphatic rings. The van der Waals surface area contributed by atoms with Crippen LogP contribution in [0.1, 0.15) is 17.2 Å². The molecule has 20 heavy (non-hydrogen) atoms. The molecule has 3 aromatic rings. The van der Waals surface area contributed by atoms with Gasteiger partial charge in [-0.05, 0) is 35.4 Å². The molecule has 0 saturated heterocycles. The predicted molar refractivity (Wildman–Crippen MR) is 76.7 cm³/mol. The third-order valence-electron chi connectivity index (χ3n) is 3.26.